The maximum Gasteiger partial charge on any atom is 0.0442 e. The van der Waals surface area contributed by atoms with Crippen LogP contribution >= 0.6 is 0 Å². The minimum atomic E-state index is -0.821. The summed E-state index contributed by atoms with van der Waals surface area (Å²) >= 11 is 0. The van der Waals surface area contributed by atoms with Gasteiger partial charge in [-0.15, -0.1) is 0 Å². The van der Waals surface area contributed by atoms with Gasteiger partial charge in [0.15, 0.2) is 0 Å². The van der Waals surface area contributed by atoms with E-state index in [9.17, 15) is 0 Å². The molecule has 0 nitrogen and oxygen atoms in total. The average molecular weight is 232 g/mol. The summed E-state index contributed by atoms with van der Waals surface area (Å²) in [6, 6.07) is 10.5. The summed E-state index contributed by atoms with van der Waals surface area (Å²) in [5, 5.41) is 0. The topological polar surface area (TPSA) is 0 Å². The zero-order chi connectivity index (χ0) is 11.6. The van der Waals surface area contributed by atoms with E-state index in [-0.39, 0.29) is 0 Å². The van der Waals surface area contributed by atoms with E-state index in [2.05, 4.69) is 43.9 Å². The minimum absolute atomic E-state index is 0.821. The molecule has 1 heteroatoms. The van der Waals surface area contributed by atoms with Gasteiger partial charge < -0.3 is 0 Å². The van der Waals surface area contributed by atoms with Crippen molar-refractivity contribution in [1.29, 1.82) is 0 Å². The Hall–Kier alpha value is -0.563. The highest BCUT2D eigenvalue weighted by Gasteiger charge is 2.22. The summed E-state index contributed by atoms with van der Waals surface area (Å²) in [5.41, 5.74) is 3.26. The van der Waals surface area contributed by atoms with E-state index < -0.39 is 8.07 Å². The molecule has 2 rings (SSSR count). The van der Waals surface area contributed by atoms with Gasteiger partial charge in [0.1, 0.15) is 0 Å². The van der Waals surface area contributed by atoms with Gasteiger partial charge in [0.2, 0.25) is 0 Å². The Morgan fingerprint density at radius 3 is 2.69 bits per heavy atom. The molecule has 1 unspecified atom stereocenters. The molecule has 1 aromatic carbocycles. The lowest BCUT2D eigenvalue weighted by Gasteiger charge is -2.17. The number of hydrogen-bond acceptors (Lipinski definition) is 0. The quantitative estimate of drug-likeness (QED) is 0.652. The Balaban J connectivity index is 1.89. The zero-order valence-electron chi connectivity index (χ0n) is 10.9. The third-order valence-electron chi connectivity index (χ3n) is 3.74. The fourth-order valence-corrected chi connectivity index (χ4v) is 4.09. The molecule has 0 fully saturated rings. The maximum atomic E-state index is 2.48. The number of benzene rings is 1. The van der Waals surface area contributed by atoms with E-state index in [0.29, 0.717) is 0 Å². The van der Waals surface area contributed by atoms with Crippen LogP contribution in [-0.4, -0.2) is 8.07 Å². The van der Waals surface area contributed by atoms with Crippen molar-refractivity contribution in [2.75, 3.05) is 0 Å². The smallest absolute Gasteiger partial charge is 0.0442 e. The highest BCUT2D eigenvalue weighted by Crippen LogP contribution is 2.36. The molecule has 0 spiro atoms. The molecule has 0 heterocycles. The summed E-state index contributed by atoms with van der Waals surface area (Å²) in [5.74, 6) is 0.868. The predicted molar refractivity (Wildman–Crippen MR) is 74.9 cm³/mol. The van der Waals surface area contributed by atoms with Crippen molar-refractivity contribution in [2.45, 2.75) is 57.3 Å². The van der Waals surface area contributed by atoms with Gasteiger partial charge >= 0.3 is 0 Å². The summed E-state index contributed by atoms with van der Waals surface area (Å²) in [7, 11) is -0.821. The summed E-state index contributed by atoms with van der Waals surface area (Å²) < 4.78 is 0. The van der Waals surface area contributed by atoms with Crippen LogP contribution in [0.3, 0.4) is 0 Å². The van der Waals surface area contributed by atoms with Crippen LogP contribution in [0, 0.1) is 0 Å². The van der Waals surface area contributed by atoms with E-state index in [1.54, 1.807) is 11.1 Å². The molecule has 88 valence electrons. The summed E-state index contributed by atoms with van der Waals surface area (Å²) in [6.45, 7) is 7.45. The second kappa shape index (κ2) is 4.75. The van der Waals surface area contributed by atoms with E-state index in [0.717, 1.165) is 5.92 Å². The van der Waals surface area contributed by atoms with Gasteiger partial charge in [-0.25, -0.2) is 0 Å². The number of hydrogen-bond donors (Lipinski definition) is 0. The number of fused-ring (bicyclic) bond motifs is 1. The van der Waals surface area contributed by atoms with Crippen LogP contribution in [0.25, 0.3) is 0 Å². The highest BCUT2D eigenvalue weighted by atomic mass is 28.3. The largest absolute Gasteiger partial charge is 0.0695 e. The first kappa shape index (κ1) is 11.9. The molecule has 1 aliphatic rings. The normalized spacial score (nSPS) is 19.8. The average Bonchev–Trinajstić information content (AvgIpc) is 2.60. The van der Waals surface area contributed by atoms with Crippen molar-refractivity contribution in [1.82, 2.24) is 0 Å². The van der Waals surface area contributed by atoms with Crippen molar-refractivity contribution in [3.05, 3.63) is 35.4 Å². The third-order valence-corrected chi connectivity index (χ3v) is 5.59. The molecule has 16 heavy (non-hydrogen) atoms. The fourth-order valence-electron chi connectivity index (χ4n) is 2.82. The Labute approximate surface area is 101 Å². The first-order valence-corrected chi connectivity index (χ1v) is 10.3. The summed E-state index contributed by atoms with van der Waals surface area (Å²) in [4.78, 5) is 0. The van der Waals surface area contributed by atoms with Gasteiger partial charge in [-0.3, -0.25) is 0 Å². The standard InChI is InChI=1S/C15H24Si/c1-16(2,3)12-6-8-14-11-10-13-7-4-5-9-15(13)14/h4-5,7,9,14H,6,8,10-12H2,1-3H3. The molecule has 0 aliphatic heterocycles. The minimum Gasteiger partial charge on any atom is -0.0695 e. The maximum absolute atomic E-state index is 2.48. The molecule has 0 amide bonds. The van der Waals surface area contributed by atoms with Gasteiger partial charge in [0, 0.05) is 8.07 Å². The van der Waals surface area contributed by atoms with Crippen molar-refractivity contribution < 1.29 is 0 Å². The lowest BCUT2D eigenvalue weighted by molar-refractivity contribution is 0.605. The molecule has 1 aliphatic carbocycles. The molecule has 0 aromatic heterocycles. The van der Waals surface area contributed by atoms with Crippen molar-refractivity contribution in [2.24, 2.45) is 0 Å². The van der Waals surface area contributed by atoms with Crippen LogP contribution in [0.2, 0.25) is 25.7 Å². The molecule has 0 bridgehead atoms. The van der Waals surface area contributed by atoms with Gasteiger partial charge in [-0.2, -0.15) is 0 Å². The molecule has 0 radical (unpaired) electrons. The van der Waals surface area contributed by atoms with E-state index in [1.807, 2.05) is 0 Å². The van der Waals surface area contributed by atoms with Crippen molar-refractivity contribution in [3.8, 4) is 0 Å². The van der Waals surface area contributed by atoms with Crippen molar-refractivity contribution >= 4 is 8.07 Å². The molecule has 0 saturated carbocycles. The summed E-state index contributed by atoms with van der Waals surface area (Å²) in [6.07, 6.45) is 5.56. The van der Waals surface area contributed by atoms with Crippen LogP contribution in [0.1, 0.15) is 36.3 Å². The van der Waals surface area contributed by atoms with Gasteiger partial charge in [-0.05, 0) is 36.3 Å². The van der Waals surface area contributed by atoms with Crippen LogP contribution in [0.4, 0.5) is 0 Å². The second-order valence-electron chi connectivity index (χ2n) is 6.39. The lowest BCUT2D eigenvalue weighted by Crippen LogP contribution is -2.18. The monoisotopic (exact) mass is 232 g/mol. The predicted octanol–water partition coefficient (Wildman–Crippen LogP) is 4.83. The Morgan fingerprint density at radius 1 is 1.19 bits per heavy atom. The van der Waals surface area contributed by atoms with Crippen LogP contribution in [0.15, 0.2) is 24.3 Å². The Morgan fingerprint density at radius 2 is 1.94 bits per heavy atom. The second-order valence-corrected chi connectivity index (χ2v) is 12.0. The molecular weight excluding hydrogens is 208 g/mol. The van der Waals surface area contributed by atoms with E-state index >= 15 is 0 Å². The molecule has 0 N–H and O–H groups in total. The first-order valence-electron chi connectivity index (χ1n) is 6.64. The van der Waals surface area contributed by atoms with Crippen LogP contribution < -0.4 is 0 Å². The van der Waals surface area contributed by atoms with Gasteiger partial charge in [0.05, 0.1) is 0 Å². The third kappa shape index (κ3) is 2.97. The van der Waals surface area contributed by atoms with E-state index in [4.69, 9.17) is 0 Å². The molecular formula is C15H24Si. The highest BCUT2D eigenvalue weighted by molar-refractivity contribution is 6.76. The number of aryl methyl sites for hydroxylation is 1. The van der Waals surface area contributed by atoms with Gasteiger partial charge in [-0.1, -0.05) is 56.4 Å². The Kier molecular flexibility index (Phi) is 3.53. The SMILES string of the molecule is C[Si](C)(C)CCCC1CCc2ccccc21. The van der Waals surface area contributed by atoms with Crippen LogP contribution in [-0.2, 0) is 6.42 Å². The van der Waals surface area contributed by atoms with Crippen molar-refractivity contribution in [3.63, 3.8) is 0 Å². The zero-order valence-corrected chi connectivity index (χ0v) is 11.9. The fraction of sp³-hybridized carbons (Fsp3) is 0.600. The first-order chi connectivity index (χ1) is 7.56. The molecule has 1 atom stereocenters. The lowest BCUT2D eigenvalue weighted by atomic mass is 9.97. The Bertz CT molecular complexity index is 349. The van der Waals surface area contributed by atoms with Gasteiger partial charge in [0.25, 0.3) is 0 Å². The molecule has 1 aromatic rings. The number of rotatable bonds is 4. The van der Waals surface area contributed by atoms with Crippen LogP contribution in [0.5, 0.6) is 0 Å². The molecule has 0 saturated heterocycles. The van der Waals surface area contributed by atoms with E-state index in [1.165, 1.54) is 31.7 Å².